The lowest BCUT2D eigenvalue weighted by Gasteiger charge is -2.13. The number of ketones is 1. The highest BCUT2D eigenvalue weighted by atomic mass is 35.5. The predicted molar refractivity (Wildman–Crippen MR) is 95.5 cm³/mol. The second-order valence-corrected chi connectivity index (χ2v) is 6.41. The molecule has 0 unspecified atom stereocenters. The van der Waals surface area contributed by atoms with Gasteiger partial charge in [-0.15, -0.1) is 5.10 Å². The maximum absolute atomic E-state index is 13.2. The summed E-state index contributed by atoms with van der Waals surface area (Å²) in [5.41, 5.74) is 2.95. The Bertz CT molecular complexity index is 950. The number of nitrogens with one attached hydrogen (secondary N) is 1. The molecule has 0 saturated carbocycles. The van der Waals surface area contributed by atoms with E-state index in [4.69, 9.17) is 11.6 Å². The van der Waals surface area contributed by atoms with Gasteiger partial charge in [0.1, 0.15) is 5.82 Å². The van der Waals surface area contributed by atoms with Crippen molar-refractivity contribution in [2.24, 2.45) is 0 Å². The summed E-state index contributed by atoms with van der Waals surface area (Å²) in [6, 6.07) is 13.3. The van der Waals surface area contributed by atoms with E-state index in [-0.39, 0.29) is 11.6 Å². The summed E-state index contributed by atoms with van der Waals surface area (Å²) >= 11 is 6.03. The summed E-state index contributed by atoms with van der Waals surface area (Å²) in [7, 11) is 0. The quantitative estimate of drug-likeness (QED) is 0.724. The lowest BCUT2D eigenvalue weighted by atomic mass is 9.95. The predicted octanol–water partition coefficient (Wildman–Crippen LogP) is 4.93. The van der Waals surface area contributed by atoms with Crippen LogP contribution < -0.4 is 5.32 Å². The van der Waals surface area contributed by atoms with E-state index in [0.29, 0.717) is 22.8 Å². The van der Waals surface area contributed by atoms with Crippen molar-refractivity contribution in [3.8, 4) is 5.69 Å². The molecule has 25 heavy (non-hydrogen) atoms. The molecule has 1 aliphatic carbocycles. The van der Waals surface area contributed by atoms with Crippen molar-refractivity contribution in [3.05, 3.63) is 70.6 Å². The molecule has 0 spiro atoms. The fourth-order valence-corrected chi connectivity index (χ4v) is 3.29. The number of Topliss-reactive ketones (excluding diaryl/α,β-unsaturated/α-hetero) is 1. The molecule has 1 heterocycles. The highest BCUT2D eigenvalue weighted by molar-refractivity contribution is 6.30. The average Bonchev–Trinajstić information content (AvgIpc) is 2.95. The second kappa shape index (κ2) is 6.33. The first kappa shape index (κ1) is 15.8. The summed E-state index contributed by atoms with van der Waals surface area (Å²) < 4.78 is 14.9. The van der Waals surface area contributed by atoms with Crippen molar-refractivity contribution in [3.63, 3.8) is 0 Å². The molecule has 0 atom stereocenters. The number of halogens is 2. The van der Waals surface area contributed by atoms with Crippen LogP contribution in [0.5, 0.6) is 0 Å². The number of rotatable bonds is 3. The third kappa shape index (κ3) is 3.03. The van der Waals surface area contributed by atoms with Crippen LogP contribution in [0.4, 0.5) is 15.9 Å². The van der Waals surface area contributed by atoms with Crippen LogP contribution in [-0.4, -0.2) is 15.6 Å². The lowest BCUT2D eigenvalue weighted by Crippen LogP contribution is -2.13. The molecule has 0 aliphatic heterocycles. The smallest absolute Gasteiger partial charge is 0.168 e. The van der Waals surface area contributed by atoms with Gasteiger partial charge in [-0.2, -0.15) is 0 Å². The molecule has 4 nitrogen and oxygen atoms in total. The van der Waals surface area contributed by atoms with Crippen molar-refractivity contribution in [2.75, 3.05) is 5.32 Å². The summed E-state index contributed by atoms with van der Waals surface area (Å²) in [4.78, 5) is 12.5. The number of carbonyl (C=O) groups excluding carboxylic acids is 1. The monoisotopic (exact) mass is 355 g/mol. The zero-order chi connectivity index (χ0) is 17.4. The molecule has 0 fully saturated rings. The van der Waals surface area contributed by atoms with Crippen LogP contribution in [0.3, 0.4) is 0 Å². The van der Waals surface area contributed by atoms with Gasteiger partial charge >= 0.3 is 0 Å². The molecule has 6 heteroatoms. The SMILES string of the molecule is O=C1CCCc2c1c(Nc1cccc(Cl)c1)nn2-c1ccc(F)cc1. The van der Waals surface area contributed by atoms with Crippen LogP contribution in [0.2, 0.25) is 5.02 Å². The third-order valence-electron chi connectivity index (χ3n) is 4.24. The molecule has 0 saturated heterocycles. The standard InChI is InChI=1S/C19H15ClFN3O/c20-12-3-1-4-14(11-12)22-19-18-16(5-2-6-17(18)25)24(23-19)15-9-7-13(21)8-10-15/h1,3-4,7-11H,2,5-6H2,(H,22,23). The van der Waals surface area contributed by atoms with Gasteiger partial charge in [0.05, 0.1) is 16.9 Å². The molecule has 4 rings (SSSR count). The molecular formula is C19H15ClFN3O. The van der Waals surface area contributed by atoms with Gasteiger partial charge in [0.15, 0.2) is 11.6 Å². The first-order valence-corrected chi connectivity index (χ1v) is 8.43. The Morgan fingerprint density at radius 3 is 2.68 bits per heavy atom. The van der Waals surface area contributed by atoms with Crippen molar-refractivity contribution >= 4 is 28.9 Å². The Balaban J connectivity index is 1.81. The van der Waals surface area contributed by atoms with Crippen molar-refractivity contribution in [1.82, 2.24) is 9.78 Å². The Hall–Kier alpha value is -2.66. The van der Waals surface area contributed by atoms with Crippen LogP contribution in [0.15, 0.2) is 48.5 Å². The maximum atomic E-state index is 13.2. The van der Waals surface area contributed by atoms with Gasteiger partial charge in [0.25, 0.3) is 0 Å². The summed E-state index contributed by atoms with van der Waals surface area (Å²) in [5.74, 6) is 0.267. The van der Waals surface area contributed by atoms with E-state index >= 15 is 0 Å². The van der Waals surface area contributed by atoms with E-state index in [2.05, 4.69) is 10.4 Å². The maximum Gasteiger partial charge on any atom is 0.168 e. The molecule has 2 aromatic carbocycles. The van der Waals surface area contributed by atoms with Crippen molar-refractivity contribution < 1.29 is 9.18 Å². The van der Waals surface area contributed by atoms with Gasteiger partial charge in [0.2, 0.25) is 0 Å². The number of nitrogens with zero attached hydrogens (tertiary/aromatic N) is 2. The Kier molecular flexibility index (Phi) is 4.01. The molecule has 0 radical (unpaired) electrons. The minimum absolute atomic E-state index is 0.0686. The topological polar surface area (TPSA) is 46.9 Å². The zero-order valence-electron chi connectivity index (χ0n) is 13.3. The third-order valence-corrected chi connectivity index (χ3v) is 4.47. The van der Waals surface area contributed by atoms with Crippen LogP contribution in [-0.2, 0) is 6.42 Å². The minimum atomic E-state index is -0.307. The molecule has 0 amide bonds. The Labute approximate surface area is 149 Å². The van der Waals surface area contributed by atoms with Gasteiger partial charge < -0.3 is 5.32 Å². The Morgan fingerprint density at radius 2 is 1.92 bits per heavy atom. The first-order chi connectivity index (χ1) is 12.1. The van der Waals surface area contributed by atoms with E-state index < -0.39 is 0 Å². The van der Waals surface area contributed by atoms with E-state index in [0.717, 1.165) is 29.9 Å². The summed E-state index contributed by atoms with van der Waals surface area (Å²) in [5, 5.41) is 8.38. The molecule has 1 aromatic heterocycles. The summed E-state index contributed by atoms with van der Waals surface area (Å²) in [6.07, 6.45) is 2.05. The highest BCUT2D eigenvalue weighted by Gasteiger charge is 2.27. The van der Waals surface area contributed by atoms with E-state index in [9.17, 15) is 9.18 Å². The van der Waals surface area contributed by atoms with E-state index in [1.54, 1.807) is 28.9 Å². The van der Waals surface area contributed by atoms with Gasteiger partial charge in [-0.3, -0.25) is 4.79 Å². The fraction of sp³-hybridized carbons (Fsp3) is 0.158. The van der Waals surface area contributed by atoms with Crippen LogP contribution in [0, 0.1) is 5.82 Å². The molecule has 1 N–H and O–H groups in total. The van der Waals surface area contributed by atoms with Gasteiger partial charge in [-0.1, -0.05) is 17.7 Å². The molecule has 126 valence electrons. The van der Waals surface area contributed by atoms with Crippen LogP contribution in [0.1, 0.15) is 28.9 Å². The second-order valence-electron chi connectivity index (χ2n) is 5.97. The number of carbonyl (C=O) groups is 1. The number of hydrogen-bond acceptors (Lipinski definition) is 3. The van der Waals surface area contributed by atoms with Crippen molar-refractivity contribution in [1.29, 1.82) is 0 Å². The fourth-order valence-electron chi connectivity index (χ4n) is 3.10. The molecule has 0 bridgehead atoms. The lowest BCUT2D eigenvalue weighted by molar-refractivity contribution is 0.0973. The number of fused-ring (bicyclic) bond motifs is 1. The first-order valence-electron chi connectivity index (χ1n) is 8.05. The van der Waals surface area contributed by atoms with E-state index in [1.165, 1.54) is 12.1 Å². The molecular weight excluding hydrogens is 341 g/mol. The number of benzene rings is 2. The minimum Gasteiger partial charge on any atom is -0.338 e. The highest BCUT2D eigenvalue weighted by Crippen LogP contribution is 2.32. The van der Waals surface area contributed by atoms with Gasteiger partial charge in [-0.05, 0) is 55.3 Å². The van der Waals surface area contributed by atoms with Crippen molar-refractivity contribution in [2.45, 2.75) is 19.3 Å². The van der Waals surface area contributed by atoms with E-state index in [1.807, 2.05) is 12.1 Å². The zero-order valence-corrected chi connectivity index (χ0v) is 14.1. The van der Waals surface area contributed by atoms with Gasteiger partial charge in [-0.25, -0.2) is 9.07 Å². The number of hydrogen-bond donors (Lipinski definition) is 1. The average molecular weight is 356 g/mol. The number of aromatic nitrogens is 2. The molecule has 1 aliphatic rings. The Morgan fingerprint density at radius 1 is 1.12 bits per heavy atom. The number of anilines is 2. The summed E-state index contributed by atoms with van der Waals surface area (Å²) in [6.45, 7) is 0. The molecule has 3 aromatic rings. The van der Waals surface area contributed by atoms with Crippen LogP contribution >= 0.6 is 11.6 Å². The van der Waals surface area contributed by atoms with Crippen LogP contribution in [0.25, 0.3) is 5.69 Å². The normalized spacial score (nSPS) is 13.6. The largest absolute Gasteiger partial charge is 0.338 e. The van der Waals surface area contributed by atoms with Gasteiger partial charge in [0, 0.05) is 17.1 Å².